The van der Waals surface area contributed by atoms with Crippen molar-refractivity contribution >= 4 is 21.8 Å². The molecule has 1 fully saturated rings. The Morgan fingerprint density at radius 3 is 2.96 bits per heavy atom. The summed E-state index contributed by atoms with van der Waals surface area (Å²) in [6, 6.07) is 4.58. The van der Waals surface area contributed by atoms with Crippen LogP contribution < -0.4 is 10.3 Å². The standard InChI is InChI=1S/C15H15BrN4O3/c1-19-14(21)3-2-12(18-19)15(22)20-7-5-10(9-20)23-13-4-6-17-8-11(13)16/h2-4,6,8,10H,5,7,9H2,1H3. The molecule has 1 unspecified atom stereocenters. The van der Waals surface area contributed by atoms with Gasteiger partial charge in [-0.05, 0) is 28.1 Å². The summed E-state index contributed by atoms with van der Waals surface area (Å²) in [5.74, 6) is 0.514. The van der Waals surface area contributed by atoms with Crippen LogP contribution >= 0.6 is 15.9 Å². The van der Waals surface area contributed by atoms with Crippen LogP contribution in [0.25, 0.3) is 0 Å². The van der Waals surface area contributed by atoms with E-state index in [1.165, 1.54) is 19.2 Å². The highest BCUT2D eigenvalue weighted by atomic mass is 79.9. The van der Waals surface area contributed by atoms with Gasteiger partial charge in [0.2, 0.25) is 0 Å². The first kappa shape index (κ1) is 15.7. The van der Waals surface area contributed by atoms with Crippen molar-refractivity contribution in [3.63, 3.8) is 0 Å². The smallest absolute Gasteiger partial charge is 0.274 e. The molecule has 2 aromatic heterocycles. The fourth-order valence-electron chi connectivity index (χ4n) is 2.42. The predicted octanol–water partition coefficient (Wildman–Crippen LogP) is 1.23. The van der Waals surface area contributed by atoms with E-state index in [9.17, 15) is 9.59 Å². The number of carbonyl (C=O) groups is 1. The van der Waals surface area contributed by atoms with Gasteiger partial charge in [0.05, 0.1) is 11.0 Å². The van der Waals surface area contributed by atoms with Crippen LogP contribution in [0.1, 0.15) is 16.9 Å². The molecule has 120 valence electrons. The summed E-state index contributed by atoms with van der Waals surface area (Å²) >= 11 is 3.39. The molecule has 23 heavy (non-hydrogen) atoms. The highest BCUT2D eigenvalue weighted by molar-refractivity contribution is 9.10. The van der Waals surface area contributed by atoms with Crippen LogP contribution in [0.2, 0.25) is 0 Å². The van der Waals surface area contributed by atoms with Gasteiger partial charge in [-0.25, -0.2) is 4.68 Å². The summed E-state index contributed by atoms with van der Waals surface area (Å²) in [5, 5.41) is 4.00. The number of aryl methyl sites for hydroxylation is 1. The van der Waals surface area contributed by atoms with E-state index in [-0.39, 0.29) is 23.3 Å². The fraction of sp³-hybridized carbons (Fsp3) is 0.333. The molecule has 1 atom stereocenters. The maximum Gasteiger partial charge on any atom is 0.274 e. The lowest BCUT2D eigenvalue weighted by atomic mass is 10.3. The van der Waals surface area contributed by atoms with Crippen molar-refractivity contribution in [2.45, 2.75) is 12.5 Å². The van der Waals surface area contributed by atoms with E-state index in [0.717, 1.165) is 15.6 Å². The Labute approximate surface area is 141 Å². The summed E-state index contributed by atoms with van der Waals surface area (Å²) in [7, 11) is 1.52. The summed E-state index contributed by atoms with van der Waals surface area (Å²) < 4.78 is 7.85. The molecule has 0 aromatic carbocycles. The van der Waals surface area contributed by atoms with Crippen LogP contribution in [-0.2, 0) is 7.05 Å². The van der Waals surface area contributed by atoms with E-state index in [2.05, 4.69) is 26.0 Å². The van der Waals surface area contributed by atoms with E-state index in [1.807, 2.05) is 0 Å². The van der Waals surface area contributed by atoms with Crippen LogP contribution in [0, 0.1) is 0 Å². The van der Waals surface area contributed by atoms with Crippen LogP contribution in [0.4, 0.5) is 0 Å². The zero-order chi connectivity index (χ0) is 16.4. The third-order valence-corrected chi connectivity index (χ3v) is 4.24. The molecule has 2 aromatic rings. The highest BCUT2D eigenvalue weighted by Gasteiger charge is 2.29. The number of likely N-dealkylation sites (tertiary alicyclic amines) is 1. The Kier molecular flexibility index (Phi) is 4.42. The van der Waals surface area contributed by atoms with Crippen LogP contribution in [0.3, 0.4) is 0 Å². The van der Waals surface area contributed by atoms with Gasteiger partial charge in [0.15, 0.2) is 0 Å². The lowest BCUT2D eigenvalue weighted by Gasteiger charge is -2.17. The Morgan fingerprint density at radius 1 is 1.39 bits per heavy atom. The number of halogens is 1. The van der Waals surface area contributed by atoms with Crippen LogP contribution in [0.15, 0.2) is 39.9 Å². The van der Waals surface area contributed by atoms with Crippen LogP contribution in [-0.4, -0.2) is 44.8 Å². The number of nitrogens with zero attached hydrogens (tertiary/aromatic N) is 4. The van der Waals surface area contributed by atoms with Crippen molar-refractivity contribution < 1.29 is 9.53 Å². The molecule has 0 N–H and O–H groups in total. The summed E-state index contributed by atoms with van der Waals surface area (Å²) in [5.41, 5.74) is 0.0181. The zero-order valence-corrected chi connectivity index (χ0v) is 14.1. The molecule has 3 rings (SSSR count). The van der Waals surface area contributed by atoms with Crippen molar-refractivity contribution in [2.24, 2.45) is 7.05 Å². The number of carbonyl (C=O) groups excluding carboxylic acids is 1. The molecule has 1 aliphatic rings. The number of aromatic nitrogens is 3. The monoisotopic (exact) mass is 378 g/mol. The minimum atomic E-state index is -0.244. The van der Waals surface area contributed by atoms with E-state index < -0.39 is 0 Å². The normalized spacial score (nSPS) is 17.3. The molecule has 0 aliphatic carbocycles. The first-order chi connectivity index (χ1) is 11.0. The SMILES string of the molecule is Cn1nc(C(=O)N2CCC(Oc3ccncc3Br)C2)ccc1=O. The van der Waals surface area contributed by atoms with E-state index in [4.69, 9.17) is 4.74 Å². The van der Waals surface area contributed by atoms with E-state index >= 15 is 0 Å². The maximum absolute atomic E-state index is 12.4. The van der Waals surface area contributed by atoms with E-state index in [0.29, 0.717) is 18.8 Å². The molecule has 3 heterocycles. The maximum atomic E-state index is 12.4. The van der Waals surface area contributed by atoms with Crippen molar-refractivity contribution in [1.29, 1.82) is 0 Å². The van der Waals surface area contributed by atoms with Gasteiger partial charge in [0.25, 0.3) is 11.5 Å². The fourth-order valence-corrected chi connectivity index (χ4v) is 2.77. The molecule has 8 heteroatoms. The summed E-state index contributed by atoms with van der Waals surface area (Å²) in [6.07, 6.45) is 3.99. The minimum Gasteiger partial charge on any atom is -0.487 e. The highest BCUT2D eigenvalue weighted by Crippen LogP contribution is 2.26. The van der Waals surface area contributed by atoms with Gasteiger partial charge in [-0.1, -0.05) is 0 Å². The lowest BCUT2D eigenvalue weighted by Crippen LogP contribution is -2.33. The number of hydrogen-bond donors (Lipinski definition) is 0. The Morgan fingerprint density at radius 2 is 2.22 bits per heavy atom. The van der Waals surface area contributed by atoms with Crippen molar-refractivity contribution in [3.05, 3.63) is 51.1 Å². The van der Waals surface area contributed by atoms with Gasteiger partial charge in [0.1, 0.15) is 17.5 Å². The largest absolute Gasteiger partial charge is 0.487 e. The zero-order valence-electron chi connectivity index (χ0n) is 12.5. The van der Waals surface area contributed by atoms with Gasteiger partial charge < -0.3 is 9.64 Å². The van der Waals surface area contributed by atoms with Crippen molar-refractivity contribution in [2.75, 3.05) is 13.1 Å². The second-order valence-electron chi connectivity index (χ2n) is 5.27. The Balaban J connectivity index is 1.67. The molecular formula is C15H15BrN4O3. The van der Waals surface area contributed by atoms with Gasteiger partial charge in [-0.3, -0.25) is 14.6 Å². The molecule has 1 aliphatic heterocycles. The second kappa shape index (κ2) is 6.49. The number of pyridine rings is 1. The average molecular weight is 379 g/mol. The first-order valence-electron chi connectivity index (χ1n) is 7.14. The first-order valence-corrected chi connectivity index (χ1v) is 7.93. The molecule has 7 nitrogen and oxygen atoms in total. The Bertz CT molecular complexity index is 792. The number of rotatable bonds is 3. The lowest BCUT2D eigenvalue weighted by molar-refractivity contribution is 0.0764. The second-order valence-corrected chi connectivity index (χ2v) is 6.12. The molecule has 0 bridgehead atoms. The topological polar surface area (TPSA) is 77.3 Å². The molecule has 0 saturated carbocycles. The summed E-state index contributed by atoms with van der Waals surface area (Å²) in [6.45, 7) is 1.08. The van der Waals surface area contributed by atoms with Gasteiger partial charge >= 0.3 is 0 Å². The van der Waals surface area contributed by atoms with Crippen molar-refractivity contribution in [1.82, 2.24) is 19.7 Å². The van der Waals surface area contributed by atoms with E-state index in [1.54, 1.807) is 23.4 Å². The van der Waals surface area contributed by atoms with Crippen molar-refractivity contribution in [3.8, 4) is 5.75 Å². The molecule has 0 radical (unpaired) electrons. The molecular weight excluding hydrogens is 364 g/mol. The van der Waals surface area contributed by atoms with Gasteiger partial charge in [-0.2, -0.15) is 5.10 Å². The third kappa shape index (κ3) is 3.42. The quantitative estimate of drug-likeness (QED) is 0.802. The third-order valence-electron chi connectivity index (χ3n) is 3.64. The number of amides is 1. The van der Waals surface area contributed by atoms with Crippen LogP contribution in [0.5, 0.6) is 5.75 Å². The number of ether oxygens (including phenoxy) is 1. The molecule has 0 spiro atoms. The van der Waals surface area contributed by atoms with Gasteiger partial charge in [0, 0.05) is 38.5 Å². The predicted molar refractivity (Wildman–Crippen MR) is 86.4 cm³/mol. The summed E-state index contributed by atoms with van der Waals surface area (Å²) in [4.78, 5) is 29.5. The number of hydrogen-bond acceptors (Lipinski definition) is 5. The Hall–Kier alpha value is -2.22. The minimum absolute atomic E-state index is 0.0785. The van der Waals surface area contributed by atoms with Gasteiger partial charge in [-0.15, -0.1) is 0 Å². The average Bonchev–Trinajstić information content (AvgIpc) is 3.00. The molecule has 1 amide bonds. The molecule has 1 saturated heterocycles.